The van der Waals surface area contributed by atoms with Crippen LogP contribution >= 0.6 is 0 Å². The van der Waals surface area contributed by atoms with Gasteiger partial charge in [0.2, 0.25) is 0 Å². The molecule has 1 atom stereocenters. The minimum Gasteiger partial charge on any atom is -0.396 e. The van der Waals surface area contributed by atoms with E-state index in [2.05, 4.69) is 0 Å². The van der Waals surface area contributed by atoms with E-state index in [1.165, 1.54) is 6.07 Å². The van der Waals surface area contributed by atoms with Gasteiger partial charge in [0.25, 0.3) is 0 Å². The molecule has 0 aliphatic rings. The fraction of sp³-hybridized carbons (Fsp3) is 0.538. The van der Waals surface area contributed by atoms with Gasteiger partial charge in [0.1, 0.15) is 5.82 Å². The number of aliphatic hydroxyl groups is 1. The highest BCUT2D eigenvalue weighted by molar-refractivity contribution is 5.21. The van der Waals surface area contributed by atoms with Crippen LogP contribution in [0.25, 0.3) is 0 Å². The van der Waals surface area contributed by atoms with Crippen LogP contribution in [0.4, 0.5) is 4.39 Å². The number of methoxy groups -OCH3 is 1. The smallest absolute Gasteiger partial charge is 0.126 e. The second-order valence-corrected chi connectivity index (χ2v) is 3.79. The van der Waals surface area contributed by atoms with Crippen LogP contribution in [0.2, 0.25) is 0 Å². The highest BCUT2D eigenvalue weighted by atomic mass is 19.1. The Morgan fingerprint density at radius 3 is 2.65 bits per heavy atom. The Bertz CT molecular complexity index is 317. The molecule has 1 rings (SSSR count). The Kier molecular flexibility index (Phi) is 6.77. The molecule has 0 heterocycles. The molecule has 3 nitrogen and oxygen atoms in total. The van der Waals surface area contributed by atoms with E-state index in [0.29, 0.717) is 31.8 Å². The summed E-state index contributed by atoms with van der Waals surface area (Å²) in [6.07, 6.45) is 0.598. The standard InChI is InChI=1S/C13H19FO3/c1-16-8-9-17-7-6-11(10-15)12-4-2-3-5-13(12)14/h2-5,11,15H,6-10H2,1H3. The van der Waals surface area contributed by atoms with Crippen LogP contribution in [0, 0.1) is 5.82 Å². The predicted octanol–water partition coefficient (Wildman–Crippen LogP) is 1.95. The first kappa shape index (κ1) is 14.1. The maximum atomic E-state index is 13.5. The summed E-state index contributed by atoms with van der Waals surface area (Å²) in [4.78, 5) is 0. The first-order valence-corrected chi connectivity index (χ1v) is 5.71. The van der Waals surface area contributed by atoms with Gasteiger partial charge >= 0.3 is 0 Å². The van der Waals surface area contributed by atoms with Crippen LogP contribution in [0.3, 0.4) is 0 Å². The quantitative estimate of drug-likeness (QED) is 0.708. The van der Waals surface area contributed by atoms with Crippen molar-refractivity contribution in [2.24, 2.45) is 0 Å². The lowest BCUT2D eigenvalue weighted by atomic mass is 9.96. The molecule has 0 bridgehead atoms. The van der Waals surface area contributed by atoms with E-state index in [-0.39, 0.29) is 18.3 Å². The number of halogens is 1. The number of hydrogen-bond acceptors (Lipinski definition) is 3. The van der Waals surface area contributed by atoms with Gasteiger partial charge in [-0.3, -0.25) is 0 Å². The van der Waals surface area contributed by atoms with Crippen LogP contribution in [-0.4, -0.2) is 38.6 Å². The molecule has 1 aromatic rings. The van der Waals surface area contributed by atoms with Crippen LogP contribution in [0.1, 0.15) is 17.9 Å². The summed E-state index contributed by atoms with van der Waals surface area (Å²) in [7, 11) is 1.61. The first-order chi connectivity index (χ1) is 8.29. The van der Waals surface area contributed by atoms with Crippen molar-refractivity contribution in [1.29, 1.82) is 0 Å². The molecule has 0 amide bonds. The van der Waals surface area contributed by atoms with E-state index in [1.54, 1.807) is 25.3 Å². The lowest BCUT2D eigenvalue weighted by Crippen LogP contribution is -2.11. The summed E-state index contributed by atoms with van der Waals surface area (Å²) in [5, 5.41) is 9.26. The summed E-state index contributed by atoms with van der Waals surface area (Å²) in [6.45, 7) is 1.48. The minimum atomic E-state index is -0.275. The van der Waals surface area contributed by atoms with Gasteiger partial charge in [-0.15, -0.1) is 0 Å². The largest absolute Gasteiger partial charge is 0.396 e. The van der Waals surface area contributed by atoms with Crippen molar-refractivity contribution in [2.75, 3.05) is 33.5 Å². The molecular formula is C13H19FO3. The molecule has 0 saturated carbocycles. The maximum absolute atomic E-state index is 13.5. The van der Waals surface area contributed by atoms with Gasteiger partial charge in [-0.05, 0) is 18.1 Å². The van der Waals surface area contributed by atoms with Crippen LogP contribution in [0.5, 0.6) is 0 Å². The Morgan fingerprint density at radius 1 is 1.24 bits per heavy atom. The van der Waals surface area contributed by atoms with Crippen LogP contribution in [0.15, 0.2) is 24.3 Å². The van der Waals surface area contributed by atoms with Crippen molar-refractivity contribution < 1.29 is 19.0 Å². The third-order valence-electron chi connectivity index (χ3n) is 2.61. The van der Waals surface area contributed by atoms with E-state index >= 15 is 0 Å². The molecule has 96 valence electrons. The van der Waals surface area contributed by atoms with E-state index in [1.807, 2.05) is 0 Å². The van der Waals surface area contributed by atoms with E-state index in [9.17, 15) is 9.50 Å². The predicted molar refractivity (Wildman–Crippen MR) is 63.5 cm³/mol. The van der Waals surface area contributed by atoms with Crippen LogP contribution < -0.4 is 0 Å². The second kappa shape index (κ2) is 8.17. The summed E-state index contributed by atoms with van der Waals surface area (Å²) in [5.41, 5.74) is 0.547. The molecule has 0 aliphatic heterocycles. The molecular weight excluding hydrogens is 223 g/mol. The van der Waals surface area contributed by atoms with Crippen molar-refractivity contribution in [3.8, 4) is 0 Å². The topological polar surface area (TPSA) is 38.7 Å². The fourth-order valence-electron chi connectivity index (χ4n) is 1.62. The molecule has 0 fully saturated rings. The fourth-order valence-corrected chi connectivity index (χ4v) is 1.62. The Balaban J connectivity index is 2.41. The molecule has 1 unspecified atom stereocenters. The van der Waals surface area contributed by atoms with Gasteiger partial charge in [-0.2, -0.15) is 0 Å². The minimum absolute atomic E-state index is 0.0748. The number of ether oxygens (including phenoxy) is 2. The average molecular weight is 242 g/mol. The van der Waals surface area contributed by atoms with Crippen molar-refractivity contribution in [3.05, 3.63) is 35.6 Å². The summed E-state index contributed by atoms with van der Waals surface area (Å²) in [6, 6.07) is 6.52. The summed E-state index contributed by atoms with van der Waals surface area (Å²) in [5.74, 6) is -0.484. The third-order valence-corrected chi connectivity index (χ3v) is 2.61. The molecule has 0 aliphatic carbocycles. The monoisotopic (exact) mass is 242 g/mol. The van der Waals surface area contributed by atoms with E-state index < -0.39 is 0 Å². The molecule has 4 heteroatoms. The lowest BCUT2D eigenvalue weighted by Gasteiger charge is -2.15. The molecule has 0 radical (unpaired) electrons. The molecule has 0 saturated heterocycles. The van der Waals surface area contributed by atoms with Crippen molar-refractivity contribution in [3.63, 3.8) is 0 Å². The van der Waals surface area contributed by atoms with Gasteiger partial charge in [-0.25, -0.2) is 4.39 Å². The first-order valence-electron chi connectivity index (χ1n) is 5.71. The average Bonchev–Trinajstić information content (AvgIpc) is 2.35. The zero-order chi connectivity index (χ0) is 12.5. The van der Waals surface area contributed by atoms with Gasteiger partial charge in [0.05, 0.1) is 19.8 Å². The van der Waals surface area contributed by atoms with Gasteiger partial charge in [-0.1, -0.05) is 18.2 Å². The van der Waals surface area contributed by atoms with Crippen molar-refractivity contribution in [2.45, 2.75) is 12.3 Å². The zero-order valence-electron chi connectivity index (χ0n) is 10.1. The molecule has 1 aromatic carbocycles. The van der Waals surface area contributed by atoms with Crippen LogP contribution in [-0.2, 0) is 9.47 Å². The second-order valence-electron chi connectivity index (χ2n) is 3.79. The summed E-state index contributed by atoms with van der Waals surface area (Å²) < 4.78 is 23.6. The lowest BCUT2D eigenvalue weighted by molar-refractivity contribution is 0.0641. The molecule has 17 heavy (non-hydrogen) atoms. The van der Waals surface area contributed by atoms with E-state index in [4.69, 9.17) is 9.47 Å². The Hall–Kier alpha value is -0.970. The Morgan fingerprint density at radius 2 is 2.00 bits per heavy atom. The van der Waals surface area contributed by atoms with Gasteiger partial charge < -0.3 is 14.6 Å². The normalized spacial score (nSPS) is 12.6. The number of rotatable bonds is 8. The van der Waals surface area contributed by atoms with Gasteiger partial charge in [0, 0.05) is 19.6 Å². The van der Waals surface area contributed by atoms with Gasteiger partial charge in [0.15, 0.2) is 0 Å². The molecule has 0 aromatic heterocycles. The SMILES string of the molecule is COCCOCCC(CO)c1ccccc1F. The summed E-state index contributed by atoms with van der Waals surface area (Å²) >= 11 is 0. The number of hydrogen-bond donors (Lipinski definition) is 1. The van der Waals surface area contributed by atoms with Crippen molar-refractivity contribution >= 4 is 0 Å². The van der Waals surface area contributed by atoms with E-state index in [0.717, 1.165) is 0 Å². The highest BCUT2D eigenvalue weighted by Crippen LogP contribution is 2.21. The maximum Gasteiger partial charge on any atom is 0.126 e. The third kappa shape index (κ3) is 4.81. The highest BCUT2D eigenvalue weighted by Gasteiger charge is 2.14. The van der Waals surface area contributed by atoms with Crippen molar-refractivity contribution in [1.82, 2.24) is 0 Å². The molecule has 0 spiro atoms. The number of benzene rings is 1. The Labute approximate surface area is 101 Å². The zero-order valence-corrected chi connectivity index (χ0v) is 10.1. The number of aliphatic hydroxyl groups excluding tert-OH is 1. The molecule has 1 N–H and O–H groups in total.